The molecule has 0 aliphatic rings. The van der Waals surface area contributed by atoms with Crippen molar-refractivity contribution in [3.8, 4) is 68.6 Å². The van der Waals surface area contributed by atoms with E-state index in [1.54, 1.807) is 0 Å². The van der Waals surface area contributed by atoms with Gasteiger partial charge in [-0.1, -0.05) is 158 Å². The maximum absolute atomic E-state index is 5.18. The van der Waals surface area contributed by atoms with Crippen LogP contribution in [-0.2, 0) is 0 Å². The third kappa shape index (κ3) is 6.00. The predicted molar refractivity (Wildman–Crippen MR) is 249 cm³/mol. The molecular weight excluding hydrogens is 761 g/mol. The fourth-order valence-corrected chi connectivity index (χ4v) is 8.52. The normalized spacial score (nSPS) is 11.5. The van der Waals surface area contributed by atoms with E-state index in [9.17, 15) is 0 Å². The van der Waals surface area contributed by atoms with Gasteiger partial charge in [-0.3, -0.25) is 4.57 Å². The summed E-state index contributed by atoms with van der Waals surface area (Å²) in [5.74, 6) is 3.65. The fourth-order valence-electron chi connectivity index (χ4n) is 8.52. The van der Waals surface area contributed by atoms with E-state index in [4.69, 9.17) is 29.9 Å². The zero-order valence-electron chi connectivity index (χ0n) is 33.2. The molecule has 0 unspecified atom stereocenters. The molecule has 4 aromatic heterocycles. The van der Waals surface area contributed by atoms with Crippen LogP contribution in [0, 0.1) is 0 Å². The molecule has 62 heavy (non-hydrogen) atoms. The minimum atomic E-state index is 0.553. The number of benzene rings is 8. The summed E-state index contributed by atoms with van der Waals surface area (Å²) in [6, 6.07) is 70.6. The lowest BCUT2D eigenvalue weighted by Crippen LogP contribution is -2.06. The van der Waals surface area contributed by atoms with Crippen LogP contribution >= 0.6 is 0 Å². The summed E-state index contributed by atoms with van der Waals surface area (Å²) in [4.78, 5) is 30.2. The van der Waals surface area contributed by atoms with E-state index in [-0.39, 0.29) is 0 Å². The second-order valence-corrected chi connectivity index (χ2v) is 15.2. The Kier molecular flexibility index (Phi) is 8.31. The molecule has 12 rings (SSSR count). The molecule has 290 valence electrons. The van der Waals surface area contributed by atoms with E-state index in [0.717, 1.165) is 71.7 Å². The van der Waals surface area contributed by atoms with Crippen LogP contribution in [-0.4, -0.2) is 39.0 Å². The largest absolute Gasteiger partial charge is 0.309 e. The third-order valence-electron chi connectivity index (χ3n) is 11.4. The van der Waals surface area contributed by atoms with Gasteiger partial charge in [0.15, 0.2) is 29.1 Å². The number of rotatable bonds is 7. The molecule has 0 saturated carbocycles. The van der Waals surface area contributed by atoms with Crippen LogP contribution in [0.25, 0.3) is 112 Å². The quantitative estimate of drug-likeness (QED) is 0.160. The number of para-hydroxylation sites is 2. The molecule has 8 aromatic carbocycles. The molecule has 8 nitrogen and oxygen atoms in total. The van der Waals surface area contributed by atoms with E-state index in [1.165, 1.54) is 5.39 Å². The Labute approximate surface area is 356 Å². The maximum atomic E-state index is 5.18. The Morgan fingerprint density at radius 3 is 1.02 bits per heavy atom. The van der Waals surface area contributed by atoms with Gasteiger partial charge in [0.25, 0.3) is 0 Å². The van der Waals surface area contributed by atoms with Crippen molar-refractivity contribution < 1.29 is 0 Å². The van der Waals surface area contributed by atoms with Crippen molar-refractivity contribution in [3.05, 3.63) is 206 Å². The second-order valence-electron chi connectivity index (χ2n) is 15.2. The summed E-state index contributed by atoms with van der Waals surface area (Å²) in [6.45, 7) is 0. The molecule has 0 radical (unpaired) electrons. The second kappa shape index (κ2) is 14.6. The third-order valence-corrected chi connectivity index (χ3v) is 11.4. The van der Waals surface area contributed by atoms with Gasteiger partial charge in [0.2, 0.25) is 5.95 Å². The Morgan fingerprint density at radius 1 is 0.242 bits per heavy atom. The molecule has 0 atom stereocenters. The van der Waals surface area contributed by atoms with E-state index >= 15 is 0 Å². The van der Waals surface area contributed by atoms with Crippen molar-refractivity contribution in [2.45, 2.75) is 0 Å². The van der Waals surface area contributed by atoms with Gasteiger partial charge in [-0.15, -0.1) is 0 Å². The van der Waals surface area contributed by atoms with Crippen molar-refractivity contribution in [1.29, 1.82) is 0 Å². The standard InChI is InChI=1S/C54H34N8/c1-5-17-35(18-6-1)49-55-50(36-19-7-2-8-20-36)57-51(56-49)39-29-31-40(32-30-39)61-45-27-15-13-25-41(45)43-33-44-42-26-14-16-28-46(42)62(48(44)34-47(43)61)54-59-52(37-21-9-3-10-22-37)58-53(60-54)38-23-11-4-12-24-38/h1-34H. The van der Waals surface area contributed by atoms with Gasteiger partial charge in [0.05, 0.1) is 22.1 Å². The molecule has 0 aliphatic carbocycles. The lowest BCUT2D eigenvalue weighted by Gasteiger charge is -2.12. The zero-order valence-corrected chi connectivity index (χ0v) is 33.2. The summed E-state index contributed by atoms with van der Waals surface area (Å²) in [5.41, 5.74) is 9.80. The SMILES string of the molecule is c1ccc(-c2nc(-c3ccccc3)nc(-c3ccc(-n4c5ccccc5c5cc6c7ccccc7n(-c7nc(-c8ccccc8)nc(-c8ccccc8)n7)c6cc54)cc3)n2)cc1. The highest BCUT2D eigenvalue weighted by Crippen LogP contribution is 2.40. The topological polar surface area (TPSA) is 87.2 Å². The first-order valence-electron chi connectivity index (χ1n) is 20.5. The van der Waals surface area contributed by atoms with Crippen molar-refractivity contribution >= 4 is 43.6 Å². The average Bonchev–Trinajstić information content (AvgIpc) is 3.86. The van der Waals surface area contributed by atoms with Crippen LogP contribution in [0.4, 0.5) is 0 Å². The van der Waals surface area contributed by atoms with Gasteiger partial charge in [0, 0.05) is 55.0 Å². The molecular formula is C54H34N8. The highest BCUT2D eigenvalue weighted by molar-refractivity contribution is 6.19. The van der Waals surface area contributed by atoms with Gasteiger partial charge in [-0.05, 0) is 48.5 Å². The highest BCUT2D eigenvalue weighted by atomic mass is 15.2. The van der Waals surface area contributed by atoms with E-state index in [1.807, 2.05) is 121 Å². The molecule has 0 spiro atoms. The first kappa shape index (κ1) is 35.3. The molecule has 0 N–H and O–H groups in total. The number of fused-ring (bicyclic) bond motifs is 6. The Hall–Kier alpha value is -8.62. The molecule has 4 heterocycles. The van der Waals surface area contributed by atoms with Crippen LogP contribution in [0.1, 0.15) is 0 Å². The van der Waals surface area contributed by atoms with Crippen LogP contribution in [0.15, 0.2) is 206 Å². The maximum Gasteiger partial charge on any atom is 0.238 e. The van der Waals surface area contributed by atoms with Crippen LogP contribution < -0.4 is 0 Å². The molecule has 0 bridgehead atoms. The summed E-state index contributed by atoms with van der Waals surface area (Å²) in [5, 5.41) is 4.56. The monoisotopic (exact) mass is 794 g/mol. The van der Waals surface area contributed by atoms with Gasteiger partial charge in [-0.2, -0.15) is 9.97 Å². The average molecular weight is 795 g/mol. The Morgan fingerprint density at radius 2 is 0.581 bits per heavy atom. The Balaban J connectivity index is 1.06. The molecule has 0 fully saturated rings. The van der Waals surface area contributed by atoms with Gasteiger partial charge < -0.3 is 4.57 Å². The number of nitrogens with zero attached hydrogens (tertiary/aromatic N) is 8. The number of hydrogen-bond donors (Lipinski definition) is 0. The lowest BCUT2D eigenvalue weighted by molar-refractivity contribution is 0.953. The van der Waals surface area contributed by atoms with Crippen molar-refractivity contribution in [3.63, 3.8) is 0 Å². The minimum Gasteiger partial charge on any atom is -0.309 e. The predicted octanol–water partition coefficient (Wildman–Crippen LogP) is 12.6. The van der Waals surface area contributed by atoms with Gasteiger partial charge in [-0.25, -0.2) is 19.9 Å². The summed E-state index contributed by atoms with van der Waals surface area (Å²) >= 11 is 0. The van der Waals surface area contributed by atoms with Gasteiger partial charge >= 0.3 is 0 Å². The minimum absolute atomic E-state index is 0.553. The number of aromatic nitrogens is 8. The first-order chi connectivity index (χ1) is 30.7. The van der Waals surface area contributed by atoms with Crippen molar-refractivity contribution in [2.75, 3.05) is 0 Å². The summed E-state index contributed by atoms with van der Waals surface area (Å²) in [7, 11) is 0. The van der Waals surface area contributed by atoms with E-state index < -0.39 is 0 Å². The van der Waals surface area contributed by atoms with Gasteiger partial charge in [0.1, 0.15) is 0 Å². The van der Waals surface area contributed by atoms with Crippen LogP contribution in [0.3, 0.4) is 0 Å². The lowest BCUT2D eigenvalue weighted by atomic mass is 10.1. The molecule has 8 heteroatoms. The highest BCUT2D eigenvalue weighted by Gasteiger charge is 2.21. The summed E-state index contributed by atoms with van der Waals surface area (Å²) < 4.78 is 4.53. The number of hydrogen-bond acceptors (Lipinski definition) is 6. The van der Waals surface area contributed by atoms with E-state index in [2.05, 4.69) is 94.1 Å². The zero-order chi connectivity index (χ0) is 41.0. The van der Waals surface area contributed by atoms with E-state index in [0.29, 0.717) is 35.1 Å². The van der Waals surface area contributed by atoms with Crippen molar-refractivity contribution in [2.24, 2.45) is 0 Å². The fraction of sp³-hybridized carbons (Fsp3) is 0. The van der Waals surface area contributed by atoms with Crippen LogP contribution in [0.2, 0.25) is 0 Å². The smallest absolute Gasteiger partial charge is 0.238 e. The first-order valence-corrected chi connectivity index (χ1v) is 20.5. The molecule has 0 aliphatic heterocycles. The summed E-state index contributed by atoms with van der Waals surface area (Å²) in [6.07, 6.45) is 0. The molecule has 0 saturated heterocycles. The van der Waals surface area contributed by atoms with Crippen molar-refractivity contribution in [1.82, 2.24) is 39.0 Å². The Bertz CT molecular complexity index is 3490. The van der Waals surface area contributed by atoms with Crippen LogP contribution in [0.5, 0.6) is 0 Å². The molecule has 0 amide bonds. The molecule has 12 aromatic rings.